The maximum Gasteiger partial charge on any atom is 0.223 e. The summed E-state index contributed by atoms with van der Waals surface area (Å²) >= 11 is 0. The van der Waals surface area contributed by atoms with E-state index in [0.29, 0.717) is 23.9 Å². The quantitative estimate of drug-likeness (QED) is 0.730. The Morgan fingerprint density at radius 1 is 1.06 bits per heavy atom. The summed E-state index contributed by atoms with van der Waals surface area (Å²) in [6.45, 7) is 2.27. The highest BCUT2D eigenvalue weighted by Crippen LogP contribution is 2.40. The molecule has 0 aromatic carbocycles. The molecule has 2 saturated carbocycles. The fraction of sp³-hybridized carbons (Fsp3) is 0.938. The Morgan fingerprint density at radius 2 is 1.72 bits per heavy atom. The lowest BCUT2D eigenvalue weighted by molar-refractivity contribution is -0.135. The standard InChI is InChI=1S/C16H27NO/c1-12-10-14-8-4-5-9-15(14)17(12)16(18)11-13-6-2-3-7-13/h12-15H,2-11H2,1H3/t12-,14-,15-/m1/s1. The number of carbonyl (C=O) groups is 1. The lowest BCUT2D eigenvalue weighted by Gasteiger charge is -2.34. The number of hydrogen-bond acceptors (Lipinski definition) is 1. The number of likely N-dealkylation sites (tertiary alicyclic amines) is 1. The molecule has 0 radical (unpaired) electrons. The lowest BCUT2D eigenvalue weighted by Crippen LogP contribution is -2.42. The number of carbonyl (C=O) groups excluding carboxylic acids is 1. The summed E-state index contributed by atoms with van der Waals surface area (Å²) in [7, 11) is 0. The van der Waals surface area contributed by atoms with Crippen LogP contribution < -0.4 is 0 Å². The van der Waals surface area contributed by atoms with Gasteiger partial charge in [0.15, 0.2) is 0 Å². The first-order chi connectivity index (χ1) is 8.75. The molecular weight excluding hydrogens is 222 g/mol. The van der Waals surface area contributed by atoms with Crippen LogP contribution in [0.2, 0.25) is 0 Å². The maximum absolute atomic E-state index is 12.6. The van der Waals surface area contributed by atoms with Gasteiger partial charge in [-0.05, 0) is 50.9 Å². The Kier molecular flexibility index (Phi) is 3.63. The van der Waals surface area contributed by atoms with Crippen LogP contribution in [0.4, 0.5) is 0 Å². The van der Waals surface area contributed by atoms with Crippen LogP contribution in [0.25, 0.3) is 0 Å². The molecule has 2 aliphatic carbocycles. The van der Waals surface area contributed by atoms with E-state index in [9.17, 15) is 4.79 Å². The Balaban J connectivity index is 1.64. The van der Waals surface area contributed by atoms with Gasteiger partial charge < -0.3 is 4.90 Å². The van der Waals surface area contributed by atoms with Gasteiger partial charge in [0.25, 0.3) is 0 Å². The van der Waals surface area contributed by atoms with Gasteiger partial charge >= 0.3 is 0 Å². The molecule has 2 heteroatoms. The van der Waals surface area contributed by atoms with Gasteiger partial charge in [0.2, 0.25) is 5.91 Å². The Hall–Kier alpha value is -0.530. The summed E-state index contributed by atoms with van der Waals surface area (Å²) in [5, 5.41) is 0. The average Bonchev–Trinajstić information content (AvgIpc) is 2.94. The van der Waals surface area contributed by atoms with E-state index < -0.39 is 0 Å². The van der Waals surface area contributed by atoms with Crippen LogP contribution in [0.1, 0.15) is 71.1 Å². The minimum atomic E-state index is 0.476. The summed E-state index contributed by atoms with van der Waals surface area (Å²) in [6, 6.07) is 1.11. The third kappa shape index (κ3) is 2.31. The minimum absolute atomic E-state index is 0.476. The highest BCUT2D eigenvalue weighted by atomic mass is 16.2. The summed E-state index contributed by atoms with van der Waals surface area (Å²) in [5.74, 6) is 2.00. The molecule has 0 aromatic rings. The van der Waals surface area contributed by atoms with Crippen molar-refractivity contribution in [2.75, 3.05) is 0 Å². The molecule has 3 atom stereocenters. The van der Waals surface area contributed by atoms with E-state index in [0.717, 1.165) is 12.3 Å². The van der Waals surface area contributed by atoms with E-state index in [4.69, 9.17) is 0 Å². The summed E-state index contributed by atoms with van der Waals surface area (Å²) in [5.41, 5.74) is 0. The molecule has 102 valence electrons. The van der Waals surface area contributed by atoms with Gasteiger partial charge in [-0.15, -0.1) is 0 Å². The SMILES string of the molecule is C[C@@H]1C[C@H]2CCCC[C@H]2N1C(=O)CC1CCCC1. The van der Waals surface area contributed by atoms with Crippen LogP contribution >= 0.6 is 0 Å². The second-order valence-corrected chi connectivity index (χ2v) is 6.85. The van der Waals surface area contributed by atoms with Gasteiger partial charge in [-0.3, -0.25) is 4.79 Å². The molecule has 3 aliphatic rings. The lowest BCUT2D eigenvalue weighted by atomic mass is 9.84. The van der Waals surface area contributed by atoms with Crippen molar-refractivity contribution in [2.45, 2.75) is 83.2 Å². The van der Waals surface area contributed by atoms with Crippen LogP contribution in [0, 0.1) is 11.8 Å². The first-order valence-electron chi connectivity index (χ1n) is 8.07. The fourth-order valence-electron chi connectivity index (χ4n) is 4.71. The zero-order chi connectivity index (χ0) is 12.5. The Morgan fingerprint density at radius 3 is 2.50 bits per heavy atom. The average molecular weight is 249 g/mol. The molecule has 3 rings (SSSR count). The topological polar surface area (TPSA) is 20.3 Å². The first kappa shape index (κ1) is 12.5. The van der Waals surface area contributed by atoms with Crippen molar-refractivity contribution in [2.24, 2.45) is 11.8 Å². The molecule has 0 spiro atoms. The normalized spacial score (nSPS) is 36.9. The van der Waals surface area contributed by atoms with Crippen molar-refractivity contribution in [1.82, 2.24) is 4.90 Å². The predicted octanol–water partition coefficient (Wildman–Crippen LogP) is 3.75. The first-order valence-corrected chi connectivity index (χ1v) is 8.07. The van der Waals surface area contributed by atoms with Crippen molar-refractivity contribution in [3.8, 4) is 0 Å². The summed E-state index contributed by atoms with van der Waals surface area (Å²) in [6.07, 6.45) is 12.7. The van der Waals surface area contributed by atoms with E-state index in [1.165, 1.54) is 57.8 Å². The monoisotopic (exact) mass is 249 g/mol. The third-order valence-electron chi connectivity index (χ3n) is 5.57. The molecule has 0 unspecified atom stereocenters. The molecular formula is C16H27NO. The second-order valence-electron chi connectivity index (χ2n) is 6.85. The van der Waals surface area contributed by atoms with Gasteiger partial charge in [0, 0.05) is 18.5 Å². The van der Waals surface area contributed by atoms with Crippen LogP contribution in [-0.4, -0.2) is 22.9 Å². The fourth-order valence-corrected chi connectivity index (χ4v) is 4.71. The molecule has 0 bridgehead atoms. The second kappa shape index (κ2) is 5.22. The maximum atomic E-state index is 12.6. The highest BCUT2D eigenvalue weighted by molar-refractivity contribution is 5.77. The summed E-state index contributed by atoms with van der Waals surface area (Å²) in [4.78, 5) is 14.9. The highest BCUT2D eigenvalue weighted by Gasteiger charge is 2.42. The molecule has 0 aromatic heterocycles. The van der Waals surface area contributed by atoms with Crippen LogP contribution in [0.15, 0.2) is 0 Å². The summed E-state index contributed by atoms with van der Waals surface area (Å²) < 4.78 is 0. The van der Waals surface area contributed by atoms with E-state index in [1.54, 1.807) is 0 Å². The molecule has 3 fully saturated rings. The number of fused-ring (bicyclic) bond motifs is 1. The van der Waals surface area contributed by atoms with Crippen molar-refractivity contribution in [3.63, 3.8) is 0 Å². The van der Waals surface area contributed by atoms with Crippen molar-refractivity contribution in [1.29, 1.82) is 0 Å². The van der Waals surface area contributed by atoms with Crippen LogP contribution in [0.5, 0.6) is 0 Å². The number of amides is 1. The molecule has 18 heavy (non-hydrogen) atoms. The molecule has 2 nitrogen and oxygen atoms in total. The smallest absolute Gasteiger partial charge is 0.223 e. The van der Waals surface area contributed by atoms with E-state index in [-0.39, 0.29) is 0 Å². The van der Waals surface area contributed by atoms with Crippen molar-refractivity contribution in [3.05, 3.63) is 0 Å². The van der Waals surface area contributed by atoms with Crippen molar-refractivity contribution < 1.29 is 4.79 Å². The van der Waals surface area contributed by atoms with E-state index in [2.05, 4.69) is 11.8 Å². The number of rotatable bonds is 2. The molecule has 1 heterocycles. The van der Waals surface area contributed by atoms with Gasteiger partial charge in [-0.2, -0.15) is 0 Å². The molecule has 1 amide bonds. The van der Waals surface area contributed by atoms with Crippen LogP contribution in [0.3, 0.4) is 0 Å². The minimum Gasteiger partial charge on any atom is -0.337 e. The molecule has 1 saturated heterocycles. The zero-order valence-electron chi connectivity index (χ0n) is 11.7. The molecule has 1 aliphatic heterocycles. The van der Waals surface area contributed by atoms with Crippen molar-refractivity contribution >= 4 is 5.91 Å². The van der Waals surface area contributed by atoms with Gasteiger partial charge in [-0.1, -0.05) is 25.7 Å². The predicted molar refractivity (Wildman–Crippen MR) is 73.2 cm³/mol. The number of nitrogens with zero attached hydrogens (tertiary/aromatic N) is 1. The van der Waals surface area contributed by atoms with Gasteiger partial charge in [0.1, 0.15) is 0 Å². The van der Waals surface area contributed by atoms with Crippen LogP contribution in [-0.2, 0) is 4.79 Å². The largest absolute Gasteiger partial charge is 0.337 e. The van der Waals surface area contributed by atoms with Gasteiger partial charge in [0.05, 0.1) is 0 Å². The van der Waals surface area contributed by atoms with E-state index >= 15 is 0 Å². The Labute approximate surface area is 111 Å². The zero-order valence-corrected chi connectivity index (χ0v) is 11.7. The molecule has 0 N–H and O–H groups in total. The Bertz CT molecular complexity index is 308. The van der Waals surface area contributed by atoms with Gasteiger partial charge in [-0.25, -0.2) is 0 Å². The third-order valence-corrected chi connectivity index (χ3v) is 5.57. The number of hydrogen-bond donors (Lipinski definition) is 0. The van der Waals surface area contributed by atoms with E-state index in [1.807, 2.05) is 0 Å².